The van der Waals surface area contributed by atoms with Crippen molar-refractivity contribution in [2.45, 2.75) is 13.5 Å². The molecule has 1 fully saturated rings. The Balaban J connectivity index is 1.32. The second-order valence-electron chi connectivity index (χ2n) is 9.29. The van der Waals surface area contributed by atoms with Crippen molar-refractivity contribution in [1.82, 2.24) is 14.5 Å². The van der Waals surface area contributed by atoms with Crippen LogP contribution in [0.5, 0.6) is 0 Å². The van der Waals surface area contributed by atoms with Crippen LogP contribution >= 0.6 is 11.3 Å². The zero-order valence-corrected chi connectivity index (χ0v) is 22.2. The number of benzene rings is 2. The predicted octanol–water partition coefficient (Wildman–Crippen LogP) is 4.70. The summed E-state index contributed by atoms with van der Waals surface area (Å²) in [6.07, 6.45) is 1.43. The maximum atomic E-state index is 14.5. The summed E-state index contributed by atoms with van der Waals surface area (Å²) in [5.74, 6) is -0.358. The molecule has 2 aromatic carbocycles. The monoisotopic (exact) mass is 543 g/mol. The summed E-state index contributed by atoms with van der Waals surface area (Å²) in [5, 5.41) is 1.29. The van der Waals surface area contributed by atoms with Gasteiger partial charge in [0, 0.05) is 37.9 Å². The lowest BCUT2D eigenvalue weighted by atomic mass is 10.1. The summed E-state index contributed by atoms with van der Waals surface area (Å²) in [5.41, 5.74) is 1.27. The number of pyridine rings is 2. The van der Waals surface area contributed by atoms with E-state index < -0.39 is 11.4 Å². The van der Waals surface area contributed by atoms with Gasteiger partial charge >= 0.3 is 5.97 Å². The highest BCUT2D eigenvalue weighted by Crippen LogP contribution is 2.30. The minimum atomic E-state index is -0.707. The molecule has 1 saturated heterocycles. The number of hydrogen-bond acceptors (Lipinski definition) is 8. The van der Waals surface area contributed by atoms with E-state index in [1.165, 1.54) is 17.0 Å². The maximum Gasteiger partial charge on any atom is 0.343 e. The van der Waals surface area contributed by atoms with Crippen molar-refractivity contribution in [2.75, 3.05) is 42.6 Å². The Kier molecular flexibility index (Phi) is 6.70. The number of halogens is 1. The third-order valence-corrected chi connectivity index (χ3v) is 7.95. The summed E-state index contributed by atoms with van der Waals surface area (Å²) >= 11 is 1.69. The van der Waals surface area contributed by atoms with E-state index in [1.807, 2.05) is 18.2 Å². The molecule has 5 aromatic rings. The quantitative estimate of drug-likeness (QED) is 0.287. The number of fused-ring (bicyclic) bond motifs is 2. The summed E-state index contributed by atoms with van der Waals surface area (Å²) in [6, 6.07) is 18.1. The van der Waals surface area contributed by atoms with Crippen molar-refractivity contribution in [1.29, 1.82) is 0 Å². The number of ether oxygens (including phenoxy) is 1. The molecule has 0 unspecified atom stereocenters. The maximum absolute atomic E-state index is 14.5. The molecule has 0 bridgehead atoms. The van der Waals surface area contributed by atoms with Crippen LogP contribution in [0.4, 0.5) is 15.3 Å². The van der Waals surface area contributed by atoms with Crippen LogP contribution in [-0.4, -0.2) is 53.3 Å². The number of thiazole rings is 1. The summed E-state index contributed by atoms with van der Waals surface area (Å²) < 4.78 is 22.5. The van der Waals surface area contributed by atoms with Crippen LogP contribution in [0.25, 0.3) is 21.3 Å². The zero-order chi connectivity index (χ0) is 26.9. The van der Waals surface area contributed by atoms with E-state index in [2.05, 4.69) is 15.9 Å². The Morgan fingerprint density at radius 1 is 0.974 bits per heavy atom. The molecule has 6 rings (SSSR count). The second kappa shape index (κ2) is 10.5. The molecule has 198 valence electrons. The van der Waals surface area contributed by atoms with Gasteiger partial charge in [-0.15, -0.1) is 0 Å². The van der Waals surface area contributed by atoms with Gasteiger partial charge in [0.25, 0.3) is 0 Å². The lowest BCUT2D eigenvalue weighted by Crippen LogP contribution is -2.46. The first-order valence-electron chi connectivity index (χ1n) is 12.8. The fourth-order valence-corrected chi connectivity index (χ4v) is 5.86. The molecule has 0 atom stereocenters. The van der Waals surface area contributed by atoms with E-state index in [4.69, 9.17) is 14.7 Å². The summed E-state index contributed by atoms with van der Waals surface area (Å²) in [4.78, 5) is 39.9. The van der Waals surface area contributed by atoms with Gasteiger partial charge in [-0.3, -0.25) is 4.79 Å². The van der Waals surface area contributed by atoms with Gasteiger partial charge in [0.05, 0.1) is 28.8 Å². The predicted molar refractivity (Wildman–Crippen MR) is 152 cm³/mol. The van der Waals surface area contributed by atoms with Crippen molar-refractivity contribution < 1.29 is 13.9 Å². The highest BCUT2D eigenvalue weighted by molar-refractivity contribution is 7.22. The van der Waals surface area contributed by atoms with Crippen molar-refractivity contribution in [3.05, 3.63) is 94.0 Å². The summed E-state index contributed by atoms with van der Waals surface area (Å²) in [7, 11) is 0. The van der Waals surface area contributed by atoms with Crippen molar-refractivity contribution in [2.24, 2.45) is 0 Å². The lowest BCUT2D eigenvalue weighted by molar-refractivity contribution is 0.0524. The number of piperazine rings is 1. The van der Waals surface area contributed by atoms with Gasteiger partial charge < -0.3 is 19.1 Å². The second-order valence-corrected chi connectivity index (χ2v) is 10.3. The van der Waals surface area contributed by atoms with Gasteiger partial charge in [-0.05, 0) is 37.3 Å². The van der Waals surface area contributed by atoms with Crippen molar-refractivity contribution >= 4 is 49.5 Å². The molecule has 3 aromatic heterocycles. The SMILES string of the molecule is CCOC(=O)c1cn(Cc2ccccc2F)c2nc(N3CCN(c4nc5ccccc5s4)CC3)ccc2c1=O. The first-order chi connectivity index (χ1) is 19.0. The third-order valence-electron chi connectivity index (χ3n) is 6.86. The highest BCUT2D eigenvalue weighted by atomic mass is 32.1. The van der Waals surface area contributed by atoms with Crippen LogP contribution in [0, 0.1) is 5.82 Å². The Morgan fingerprint density at radius 2 is 1.72 bits per heavy atom. The molecule has 0 amide bonds. The molecule has 39 heavy (non-hydrogen) atoms. The van der Waals surface area contributed by atoms with Crippen molar-refractivity contribution in [3.63, 3.8) is 0 Å². The average Bonchev–Trinajstić information content (AvgIpc) is 3.40. The Bertz CT molecular complexity index is 1710. The third kappa shape index (κ3) is 4.83. The topological polar surface area (TPSA) is 80.6 Å². The molecule has 1 aliphatic rings. The molecule has 10 heteroatoms. The van der Waals surface area contributed by atoms with E-state index in [0.717, 1.165) is 42.6 Å². The van der Waals surface area contributed by atoms with Crippen LogP contribution < -0.4 is 15.2 Å². The van der Waals surface area contributed by atoms with Gasteiger partial charge in [-0.25, -0.2) is 19.2 Å². The van der Waals surface area contributed by atoms with E-state index in [9.17, 15) is 14.0 Å². The van der Waals surface area contributed by atoms with Gasteiger partial charge in [0.2, 0.25) is 5.43 Å². The molecule has 0 radical (unpaired) electrons. The highest BCUT2D eigenvalue weighted by Gasteiger charge is 2.23. The minimum Gasteiger partial charge on any atom is -0.462 e. The van der Waals surface area contributed by atoms with Crippen LogP contribution in [0.2, 0.25) is 0 Å². The van der Waals surface area contributed by atoms with E-state index >= 15 is 0 Å². The number of esters is 1. The van der Waals surface area contributed by atoms with Gasteiger partial charge in [-0.1, -0.05) is 41.7 Å². The smallest absolute Gasteiger partial charge is 0.343 e. The Labute approximate surface area is 227 Å². The molecule has 0 saturated carbocycles. The number of nitrogens with zero attached hydrogens (tertiary/aromatic N) is 5. The zero-order valence-electron chi connectivity index (χ0n) is 21.3. The molecule has 0 spiro atoms. The number of carbonyl (C=O) groups is 1. The molecule has 0 N–H and O–H groups in total. The molecule has 4 heterocycles. The first kappa shape index (κ1) is 25.0. The van der Waals surface area contributed by atoms with E-state index in [1.54, 1.807) is 53.2 Å². The van der Waals surface area contributed by atoms with Crippen LogP contribution in [0.15, 0.2) is 71.7 Å². The molecule has 0 aliphatic carbocycles. The Hall–Kier alpha value is -4.31. The van der Waals surface area contributed by atoms with E-state index in [0.29, 0.717) is 11.2 Å². The Morgan fingerprint density at radius 3 is 2.49 bits per heavy atom. The van der Waals surface area contributed by atoms with Crippen molar-refractivity contribution in [3.8, 4) is 0 Å². The molecular formula is C29H26FN5O3S. The van der Waals surface area contributed by atoms with Crippen LogP contribution in [-0.2, 0) is 11.3 Å². The van der Waals surface area contributed by atoms with E-state index in [-0.39, 0.29) is 29.9 Å². The van der Waals surface area contributed by atoms with Gasteiger partial charge in [0.15, 0.2) is 5.13 Å². The number of para-hydroxylation sites is 1. The largest absolute Gasteiger partial charge is 0.462 e. The van der Waals surface area contributed by atoms with Gasteiger partial charge in [-0.2, -0.15) is 0 Å². The summed E-state index contributed by atoms with van der Waals surface area (Å²) in [6.45, 7) is 4.95. The number of anilines is 2. The molecular weight excluding hydrogens is 517 g/mol. The number of carbonyl (C=O) groups excluding carboxylic acids is 1. The number of aromatic nitrogens is 3. The fraction of sp³-hybridized carbons (Fsp3) is 0.241. The van der Waals surface area contributed by atoms with Crippen LogP contribution in [0.1, 0.15) is 22.8 Å². The standard InChI is InChI=1S/C29H26FN5O3S/c1-2-38-28(37)21-18-35(17-19-7-3-4-8-22(19)30)27-20(26(21)36)11-12-25(32-27)33-13-15-34(16-14-33)29-31-23-9-5-6-10-24(23)39-29/h3-12,18H,2,13-17H2,1H3. The number of hydrogen-bond donors (Lipinski definition) is 0. The van der Waals surface area contributed by atoms with Gasteiger partial charge in [0.1, 0.15) is 22.8 Å². The molecule has 1 aliphatic heterocycles. The lowest BCUT2D eigenvalue weighted by Gasteiger charge is -2.35. The fourth-order valence-electron chi connectivity index (χ4n) is 4.84. The van der Waals surface area contributed by atoms with Crippen LogP contribution in [0.3, 0.4) is 0 Å². The normalized spacial score (nSPS) is 13.8. The number of rotatable bonds is 6. The first-order valence-corrected chi connectivity index (χ1v) is 13.6. The average molecular weight is 544 g/mol. The molecule has 8 nitrogen and oxygen atoms in total. The minimum absolute atomic E-state index is 0.0975.